The number of benzene rings is 1. The van der Waals surface area contributed by atoms with E-state index in [0.29, 0.717) is 17.3 Å². The first-order valence-corrected chi connectivity index (χ1v) is 6.80. The van der Waals surface area contributed by atoms with Crippen molar-refractivity contribution in [3.63, 3.8) is 0 Å². The first-order valence-electron chi connectivity index (χ1n) is 6.80. The first-order chi connectivity index (χ1) is 9.61. The highest BCUT2D eigenvalue weighted by Gasteiger charge is 2.08. The Hall–Kier alpha value is -2.30. The zero-order chi connectivity index (χ0) is 14.5. The van der Waals surface area contributed by atoms with E-state index in [1.807, 2.05) is 6.07 Å². The molecule has 4 N–H and O–H groups in total. The second kappa shape index (κ2) is 6.23. The van der Waals surface area contributed by atoms with E-state index < -0.39 is 0 Å². The van der Waals surface area contributed by atoms with Crippen molar-refractivity contribution < 1.29 is 0 Å². The van der Waals surface area contributed by atoms with Gasteiger partial charge in [0.2, 0.25) is 0 Å². The molecule has 106 valence electrons. The zero-order valence-corrected chi connectivity index (χ0v) is 12.2. The Morgan fingerprint density at radius 3 is 2.60 bits per heavy atom. The summed E-state index contributed by atoms with van der Waals surface area (Å²) in [5.74, 6) is 1.31. The summed E-state index contributed by atoms with van der Waals surface area (Å²) in [6.07, 6.45) is 2.53. The Bertz CT molecular complexity index is 595. The van der Waals surface area contributed by atoms with E-state index >= 15 is 0 Å². The summed E-state index contributed by atoms with van der Waals surface area (Å²) in [4.78, 5) is 8.39. The lowest BCUT2D eigenvalue weighted by atomic mass is 10.1. The standard InChI is InChI=1S/C15H21N5/c1-4-7-17-14-13(16)15(19-9-18-14)20-12-6-5-10(2)8-11(12)3/h5-6,8-9H,4,7,16H2,1-3H3,(H2,17,18,19,20). The van der Waals surface area contributed by atoms with Crippen LogP contribution in [0.4, 0.5) is 23.0 Å². The van der Waals surface area contributed by atoms with Crippen LogP contribution in [0.15, 0.2) is 24.5 Å². The van der Waals surface area contributed by atoms with Crippen molar-refractivity contribution in [1.29, 1.82) is 0 Å². The molecule has 2 rings (SSSR count). The van der Waals surface area contributed by atoms with Gasteiger partial charge in [-0.25, -0.2) is 9.97 Å². The number of hydrogen-bond donors (Lipinski definition) is 3. The highest BCUT2D eigenvalue weighted by Crippen LogP contribution is 2.27. The Kier molecular flexibility index (Phi) is 4.40. The number of hydrogen-bond acceptors (Lipinski definition) is 5. The highest BCUT2D eigenvalue weighted by atomic mass is 15.1. The molecule has 5 nitrogen and oxygen atoms in total. The van der Waals surface area contributed by atoms with Gasteiger partial charge in [0.05, 0.1) is 0 Å². The van der Waals surface area contributed by atoms with E-state index in [9.17, 15) is 0 Å². The molecule has 1 aromatic heterocycles. The minimum Gasteiger partial charge on any atom is -0.393 e. The summed E-state index contributed by atoms with van der Waals surface area (Å²) in [7, 11) is 0. The largest absolute Gasteiger partial charge is 0.393 e. The summed E-state index contributed by atoms with van der Waals surface area (Å²) in [5, 5.41) is 6.46. The average molecular weight is 271 g/mol. The zero-order valence-electron chi connectivity index (χ0n) is 12.2. The third kappa shape index (κ3) is 3.17. The van der Waals surface area contributed by atoms with Crippen LogP contribution in [0.5, 0.6) is 0 Å². The molecule has 0 amide bonds. The second-order valence-corrected chi connectivity index (χ2v) is 4.85. The lowest BCUT2D eigenvalue weighted by Gasteiger charge is -2.13. The summed E-state index contributed by atoms with van der Waals surface area (Å²) >= 11 is 0. The molecule has 0 saturated heterocycles. The van der Waals surface area contributed by atoms with Crippen LogP contribution in [-0.2, 0) is 0 Å². The Balaban J connectivity index is 2.24. The fraction of sp³-hybridized carbons (Fsp3) is 0.333. The summed E-state index contributed by atoms with van der Waals surface area (Å²) in [6, 6.07) is 6.21. The quantitative estimate of drug-likeness (QED) is 0.778. The number of nitrogens with two attached hydrogens (primary N) is 1. The Labute approximate surface area is 119 Å². The number of rotatable bonds is 5. The number of aryl methyl sites for hydroxylation is 2. The third-order valence-corrected chi connectivity index (χ3v) is 3.06. The maximum atomic E-state index is 6.10. The molecule has 0 aliphatic heterocycles. The molecule has 5 heteroatoms. The maximum absolute atomic E-state index is 6.10. The van der Waals surface area contributed by atoms with E-state index in [1.165, 1.54) is 11.9 Å². The third-order valence-electron chi connectivity index (χ3n) is 3.06. The van der Waals surface area contributed by atoms with Crippen LogP contribution in [0.3, 0.4) is 0 Å². The minimum atomic E-state index is 0.543. The van der Waals surface area contributed by atoms with E-state index in [1.54, 1.807) is 0 Å². The fourth-order valence-electron chi connectivity index (χ4n) is 1.96. The molecule has 0 atom stereocenters. The van der Waals surface area contributed by atoms with Gasteiger partial charge >= 0.3 is 0 Å². The Morgan fingerprint density at radius 1 is 1.15 bits per heavy atom. The van der Waals surface area contributed by atoms with Crippen molar-refractivity contribution >= 4 is 23.0 Å². The van der Waals surface area contributed by atoms with Gasteiger partial charge in [0.25, 0.3) is 0 Å². The van der Waals surface area contributed by atoms with Gasteiger partial charge in [-0.15, -0.1) is 0 Å². The molecule has 0 fully saturated rings. The van der Waals surface area contributed by atoms with E-state index in [2.05, 4.69) is 53.5 Å². The normalized spacial score (nSPS) is 10.3. The van der Waals surface area contributed by atoms with Crippen molar-refractivity contribution in [3.8, 4) is 0 Å². The molecule has 0 saturated carbocycles. The molecule has 20 heavy (non-hydrogen) atoms. The predicted molar refractivity (Wildman–Crippen MR) is 84.4 cm³/mol. The van der Waals surface area contributed by atoms with Crippen molar-refractivity contribution in [2.24, 2.45) is 0 Å². The predicted octanol–water partition coefficient (Wildman–Crippen LogP) is 3.24. The first kappa shape index (κ1) is 14.1. The molecule has 0 unspecified atom stereocenters. The average Bonchev–Trinajstić information content (AvgIpc) is 2.42. The molecule has 1 aromatic carbocycles. The monoisotopic (exact) mass is 271 g/mol. The number of aromatic nitrogens is 2. The summed E-state index contributed by atoms with van der Waals surface area (Å²) in [5.41, 5.74) is 10.0. The molecule has 2 aromatic rings. The number of nitrogens with zero attached hydrogens (tertiary/aromatic N) is 2. The minimum absolute atomic E-state index is 0.543. The van der Waals surface area contributed by atoms with Gasteiger partial charge in [0.15, 0.2) is 11.6 Å². The molecule has 1 heterocycles. The van der Waals surface area contributed by atoms with Crippen molar-refractivity contribution in [3.05, 3.63) is 35.7 Å². The topological polar surface area (TPSA) is 75.9 Å². The van der Waals surface area contributed by atoms with Crippen LogP contribution in [0.2, 0.25) is 0 Å². The van der Waals surface area contributed by atoms with E-state index in [-0.39, 0.29) is 0 Å². The van der Waals surface area contributed by atoms with Gasteiger partial charge in [-0.05, 0) is 31.9 Å². The highest BCUT2D eigenvalue weighted by molar-refractivity contribution is 5.78. The molecule has 0 aliphatic carbocycles. The van der Waals surface area contributed by atoms with Gasteiger partial charge in [0, 0.05) is 12.2 Å². The van der Waals surface area contributed by atoms with Crippen LogP contribution in [-0.4, -0.2) is 16.5 Å². The number of nitrogens with one attached hydrogen (secondary N) is 2. The second-order valence-electron chi connectivity index (χ2n) is 4.85. The Morgan fingerprint density at radius 2 is 1.90 bits per heavy atom. The van der Waals surface area contributed by atoms with Crippen LogP contribution < -0.4 is 16.4 Å². The van der Waals surface area contributed by atoms with Crippen LogP contribution in [0.25, 0.3) is 0 Å². The van der Waals surface area contributed by atoms with Crippen molar-refractivity contribution in [2.75, 3.05) is 22.9 Å². The van der Waals surface area contributed by atoms with Crippen LogP contribution >= 0.6 is 0 Å². The lowest BCUT2D eigenvalue weighted by molar-refractivity contribution is 0.966. The van der Waals surface area contributed by atoms with Gasteiger partial charge in [0.1, 0.15) is 12.0 Å². The van der Waals surface area contributed by atoms with Crippen LogP contribution in [0.1, 0.15) is 24.5 Å². The van der Waals surface area contributed by atoms with Crippen molar-refractivity contribution in [2.45, 2.75) is 27.2 Å². The SMILES string of the molecule is CCCNc1ncnc(Nc2ccc(C)cc2C)c1N. The molecular formula is C15H21N5. The molecule has 0 bridgehead atoms. The van der Waals surface area contributed by atoms with Gasteiger partial charge < -0.3 is 16.4 Å². The fourth-order valence-corrected chi connectivity index (χ4v) is 1.96. The summed E-state index contributed by atoms with van der Waals surface area (Å²) in [6.45, 7) is 7.06. The smallest absolute Gasteiger partial charge is 0.159 e. The van der Waals surface area contributed by atoms with Gasteiger partial charge in [-0.3, -0.25) is 0 Å². The molecule has 0 radical (unpaired) electrons. The molecular weight excluding hydrogens is 250 g/mol. The lowest BCUT2D eigenvalue weighted by Crippen LogP contribution is -2.08. The van der Waals surface area contributed by atoms with Gasteiger partial charge in [-0.2, -0.15) is 0 Å². The molecule has 0 aliphatic rings. The van der Waals surface area contributed by atoms with Crippen LogP contribution in [0, 0.1) is 13.8 Å². The van der Waals surface area contributed by atoms with Gasteiger partial charge in [-0.1, -0.05) is 24.6 Å². The maximum Gasteiger partial charge on any atom is 0.159 e. The molecule has 0 spiro atoms. The number of nitrogen functional groups attached to an aromatic ring is 1. The number of anilines is 4. The van der Waals surface area contributed by atoms with E-state index in [0.717, 1.165) is 24.2 Å². The van der Waals surface area contributed by atoms with E-state index in [4.69, 9.17) is 5.73 Å². The van der Waals surface area contributed by atoms with Crippen molar-refractivity contribution in [1.82, 2.24) is 9.97 Å². The summed E-state index contributed by atoms with van der Waals surface area (Å²) < 4.78 is 0.